The molecule has 6 nitrogen and oxygen atoms in total. The van der Waals surface area contributed by atoms with Crippen LogP contribution >= 0.6 is 11.3 Å². The van der Waals surface area contributed by atoms with Gasteiger partial charge in [0.2, 0.25) is 15.9 Å². The highest BCUT2D eigenvalue weighted by Crippen LogP contribution is 2.28. The Bertz CT molecular complexity index is 1190. The van der Waals surface area contributed by atoms with Crippen molar-refractivity contribution in [1.29, 1.82) is 0 Å². The van der Waals surface area contributed by atoms with Crippen LogP contribution in [0.2, 0.25) is 0 Å². The largest absolute Gasteiger partial charge is 0.302 e. The molecule has 1 N–H and O–H groups in total. The molecule has 1 aromatic heterocycles. The molecule has 2 heterocycles. The molecule has 1 saturated heterocycles. The summed E-state index contributed by atoms with van der Waals surface area (Å²) in [4.78, 5) is 17.7. The summed E-state index contributed by atoms with van der Waals surface area (Å²) in [6, 6.07) is 14.5. The second-order valence-corrected chi connectivity index (χ2v) is 10.6. The summed E-state index contributed by atoms with van der Waals surface area (Å²) >= 11 is 1.38. The molecule has 3 aromatic rings. The molecule has 0 bridgehead atoms. The predicted molar refractivity (Wildman–Crippen MR) is 124 cm³/mol. The van der Waals surface area contributed by atoms with E-state index in [1.165, 1.54) is 26.8 Å². The van der Waals surface area contributed by atoms with Crippen LogP contribution in [0.1, 0.15) is 24.0 Å². The zero-order valence-corrected chi connectivity index (χ0v) is 19.2. The van der Waals surface area contributed by atoms with Crippen molar-refractivity contribution in [2.24, 2.45) is 5.92 Å². The lowest BCUT2D eigenvalue weighted by molar-refractivity contribution is -0.120. The molecule has 0 radical (unpaired) electrons. The number of nitrogens with zero attached hydrogens (tertiary/aromatic N) is 2. The van der Waals surface area contributed by atoms with Crippen LogP contribution in [-0.2, 0) is 14.8 Å². The van der Waals surface area contributed by atoms with Crippen LogP contribution in [0.5, 0.6) is 0 Å². The van der Waals surface area contributed by atoms with Crippen molar-refractivity contribution in [3.8, 4) is 11.3 Å². The fourth-order valence-electron chi connectivity index (χ4n) is 3.69. The number of aromatic nitrogens is 1. The van der Waals surface area contributed by atoms with E-state index in [9.17, 15) is 13.2 Å². The first-order valence-electron chi connectivity index (χ1n) is 10.2. The van der Waals surface area contributed by atoms with Crippen LogP contribution in [0.4, 0.5) is 5.13 Å². The van der Waals surface area contributed by atoms with Gasteiger partial charge in [0.05, 0.1) is 16.5 Å². The first-order valence-corrected chi connectivity index (χ1v) is 12.6. The standard InChI is InChI=1S/C23H25N3O3S2/c1-16-10-11-18(13-17(16)2)21-15-30-23(24-21)25-22(27)19-7-6-12-26(14-19)31(28,29)20-8-4-3-5-9-20/h3-5,8-11,13,15,19H,6-7,12,14H2,1-2H3,(H,24,25,27). The van der Waals surface area contributed by atoms with E-state index < -0.39 is 15.9 Å². The normalized spacial score (nSPS) is 17.4. The van der Waals surface area contributed by atoms with Crippen LogP contribution in [-0.4, -0.2) is 36.7 Å². The first-order chi connectivity index (χ1) is 14.8. The lowest BCUT2D eigenvalue weighted by Crippen LogP contribution is -2.43. The molecule has 1 amide bonds. The minimum Gasteiger partial charge on any atom is -0.302 e. The highest BCUT2D eigenvalue weighted by Gasteiger charge is 2.33. The number of carbonyl (C=O) groups excluding carboxylic acids is 1. The number of carbonyl (C=O) groups is 1. The van der Waals surface area contributed by atoms with E-state index >= 15 is 0 Å². The van der Waals surface area contributed by atoms with Gasteiger partial charge in [-0.1, -0.05) is 30.3 Å². The minimum atomic E-state index is -3.60. The molecule has 1 unspecified atom stereocenters. The summed E-state index contributed by atoms with van der Waals surface area (Å²) in [7, 11) is -3.60. The van der Waals surface area contributed by atoms with E-state index in [1.54, 1.807) is 30.3 Å². The van der Waals surface area contributed by atoms with E-state index in [2.05, 4.69) is 36.3 Å². The molecule has 162 valence electrons. The number of rotatable bonds is 5. The Labute approximate surface area is 187 Å². The molecule has 4 rings (SSSR count). The smallest absolute Gasteiger partial charge is 0.243 e. The predicted octanol–water partition coefficient (Wildman–Crippen LogP) is 4.47. The number of benzene rings is 2. The van der Waals surface area contributed by atoms with Gasteiger partial charge >= 0.3 is 0 Å². The summed E-state index contributed by atoms with van der Waals surface area (Å²) < 4.78 is 27.2. The number of anilines is 1. The molecule has 2 aromatic carbocycles. The summed E-state index contributed by atoms with van der Waals surface area (Å²) in [6.07, 6.45) is 1.30. The number of hydrogen-bond acceptors (Lipinski definition) is 5. The van der Waals surface area contributed by atoms with Crippen LogP contribution in [0.3, 0.4) is 0 Å². The van der Waals surface area contributed by atoms with Crippen molar-refractivity contribution < 1.29 is 13.2 Å². The fraction of sp³-hybridized carbons (Fsp3) is 0.304. The van der Waals surface area contributed by atoms with Crippen molar-refractivity contribution >= 4 is 32.4 Å². The zero-order valence-electron chi connectivity index (χ0n) is 17.5. The third-order valence-electron chi connectivity index (χ3n) is 5.67. The van der Waals surface area contributed by atoms with E-state index in [4.69, 9.17) is 0 Å². The number of thiazole rings is 1. The Hall–Kier alpha value is -2.55. The maximum atomic E-state index is 12.9. The van der Waals surface area contributed by atoms with Gasteiger partial charge < -0.3 is 5.32 Å². The van der Waals surface area contributed by atoms with Crippen LogP contribution in [0.25, 0.3) is 11.3 Å². The summed E-state index contributed by atoms with van der Waals surface area (Å²) in [6.45, 7) is 4.73. The Kier molecular flexibility index (Phi) is 6.22. The molecule has 31 heavy (non-hydrogen) atoms. The van der Waals surface area contributed by atoms with E-state index in [1.807, 2.05) is 11.4 Å². The SMILES string of the molecule is Cc1ccc(-c2csc(NC(=O)C3CCCN(S(=O)(=O)c4ccccc4)C3)n2)cc1C. The van der Waals surface area contributed by atoms with Gasteiger partial charge in [-0.2, -0.15) is 4.31 Å². The molecule has 0 aliphatic carbocycles. The highest BCUT2D eigenvalue weighted by atomic mass is 32.2. The van der Waals surface area contributed by atoms with Gasteiger partial charge in [-0.25, -0.2) is 13.4 Å². The molecule has 0 saturated carbocycles. The van der Waals surface area contributed by atoms with Crippen LogP contribution < -0.4 is 5.32 Å². The van der Waals surface area contributed by atoms with Gasteiger partial charge in [0.25, 0.3) is 0 Å². The lowest BCUT2D eigenvalue weighted by Gasteiger charge is -2.31. The molecule has 8 heteroatoms. The van der Waals surface area contributed by atoms with Crippen LogP contribution in [0, 0.1) is 19.8 Å². The fourth-order valence-corrected chi connectivity index (χ4v) is 5.96. The van der Waals surface area contributed by atoms with Gasteiger partial charge in [0.1, 0.15) is 0 Å². The second kappa shape index (κ2) is 8.90. The Balaban J connectivity index is 1.44. The van der Waals surface area contributed by atoms with Crippen molar-refractivity contribution in [3.05, 3.63) is 65.0 Å². The molecular formula is C23H25N3O3S2. The Morgan fingerprint density at radius 1 is 1.13 bits per heavy atom. The number of piperidine rings is 1. The molecule has 1 aliphatic heterocycles. The third kappa shape index (κ3) is 4.71. The van der Waals surface area contributed by atoms with E-state index in [-0.39, 0.29) is 17.3 Å². The maximum absolute atomic E-state index is 12.9. The van der Waals surface area contributed by atoms with Crippen molar-refractivity contribution in [3.63, 3.8) is 0 Å². The van der Waals surface area contributed by atoms with Crippen molar-refractivity contribution in [2.75, 3.05) is 18.4 Å². The highest BCUT2D eigenvalue weighted by molar-refractivity contribution is 7.89. The molecule has 1 fully saturated rings. The Morgan fingerprint density at radius 3 is 2.65 bits per heavy atom. The maximum Gasteiger partial charge on any atom is 0.243 e. The monoisotopic (exact) mass is 455 g/mol. The molecule has 0 spiro atoms. The van der Waals surface area contributed by atoms with E-state index in [0.29, 0.717) is 24.5 Å². The van der Waals surface area contributed by atoms with Gasteiger partial charge in [-0.05, 0) is 56.0 Å². The summed E-state index contributed by atoms with van der Waals surface area (Å²) in [5, 5.41) is 5.34. The quantitative estimate of drug-likeness (QED) is 0.616. The topological polar surface area (TPSA) is 79.4 Å². The van der Waals surface area contributed by atoms with Gasteiger partial charge in [-0.15, -0.1) is 11.3 Å². The number of aryl methyl sites for hydroxylation is 2. The number of amides is 1. The van der Waals surface area contributed by atoms with Gasteiger partial charge in [-0.3, -0.25) is 4.79 Å². The second-order valence-electron chi connectivity index (χ2n) is 7.84. The third-order valence-corrected chi connectivity index (χ3v) is 8.31. The lowest BCUT2D eigenvalue weighted by atomic mass is 9.99. The van der Waals surface area contributed by atoms with Crippen molar-refractivity contribution in [1.82, 2.24) is 9.29 Å². The Morgan fingerprint density at radius 2 is 1.90 bits per heavy atom. The molecular weight excluding hydrogens is 430 g/mol. The average Bonchev–Trinajstić information content (AvgIpc) is 3.25. The van der Waals surface area contributed by atoms with Gasteiger partial charge in [0.15, 0.2) is 5.13 Å². The molecule has 1 atom stereocenters. The molecule has 1 aliphatic rings. The number of nitrogens with one attached hydrogen (secondary N) is 1. The average molecular weight is 456 g/mol. The number of sulfonamides is 1. The first kappa shape index (κ1) is 21.7. The van der Waals surface area contributed by atoms with Gasteiger partial charge in [0, 0.05) is 24.0 Å². The van der Waals surface area contributed by atoms with Crippen molar-refractivity contribution in [2.45, 2.75) is 31.6 Å². The van der Waals surface area contributed by atoms with E-state index in [0.717, 1.165) is 11.3 Å². The number of hydrogen-bond donors (Lipinski definition) is 1. The summed E-state index contributed by atoms with van der Waals surface area (Å²) in [5.74, 6) is -0.588. The summed E-state index contributed by atoms with van der Waals surface area (Å²) in [5.41, 5.74) is 4.25. The van der Waals surface area contributed by atoms with Crippen LogP contribution in [0.15, 0.2) is 58.8 Å². The zero-order chi connectivity index (χ0) is 22.0. The minimum absolute atomic E-state index is 0.179.